The van der Waals surface area contributed by atoms with Crippen molar-refractivity contribution in [3.05, 3.63) is 0 Å². The lowest BCUT2D eigenvalue weighted by Gasteiger charge is -2.33. The zero-order valence-corrected chi connectivity index (χ0v) is 11.1. The highest BCUT2D eigenvalue weighted by atomic mass is 16.6. The average molecular weight is 283 g/mol. The molecule has 3 aliphatic heterocycles. The van der Waals surface area contributed by atoms with Gasteiger partial charge >= 0.3 is 6.09 Å². The predicted octanol–water partition coefficient (Wildman–Crippen LogP) is -1.44. The van der Waals surface area contributed by atoms with Crippen LogP contribution in [0.1, 0.15) is 6.42 Å². The molecule has 3 fully saturated rings. The van der Waals surface area contributed by atoms with Gasteiger partial charge in [-0.15, -0.1) is 0 Å². The zero-order chi connectivity index (χ0) is 14.2. The molecular formula is C12H17N3O5. The zero-order valence-electron chi connectivity index (χ0n) is 11.1. The summed E-state index contributed by atoms with van der Waals surface area (Å²) in [5, 5.41) is 2.77. The second kappa shape index (κ2) is 4.93. The summed E-state index contributed by atoms with van der Waals surface area (Å²) in [5.74, 6) is -0.235. The Labute approximate surface area is 116 Å². The average Bonchev–Trinajstić information content (AvgIpc) is 3.02. The lowest BCUT2D eigenvalue weighted by atomic mass is 10.0. The van der Waals surface area contributed by atoms with Crippen molar-refractivity contribution in [1.29, 1.82) is 0 Å². The lowest BCUT2D eigenvalue weighted by molar-refractivity contribution is -0.143. The minimum absolute atomic E-state index is 0.0421. The van der Waals surface area contributed by atoms with E-state index < -0.39 is 11.7 Å². The largest absolute Gasteiger partial charge is 0.448 e. The normalized spacial score (nSPS) is 29.8. The Balaban J connectivity index is 1.55. The third kappa shape index (κ3) is 2.43. The van der Waals surface area contributed by atoms with Gasteiger partial charge in [-0.2, -0.15) is 0 Å². The van der Waals surface area contributed by atoms with Gasteiger partial charge in [-0.25, -0.2) is 4.79 Å². The number of carbonyl (C=O) groups excluding carboxylic acids is 3. The van der Waals surface area contributed by atoms with E-state index in [9.17, 15) is 14.4 Å². The molecule has 0 aromatic rings. The summed E-state index contributed by atoms with van der Waals surface area (Å²) in [6.07, 6.45) is 0.261. The molecular weight excluding hydrogens is 266 g/mol. The minimum Gasteiger partial charge on any atom is -0.448 e. The SMILES string of the molecule is O=C1COC2(CCN(C(=O)CN3CCOC3=O)C2)CN1. The minimum atomic E-state index is -0.463. The molecule has 110 valence electrons. The number of nitrogens with zero attached hydrogens (tertiary/aromatic N) is 2. The van der Waals surface area contributed by atoms with Crippen molar-refractivity contribution < 1.29 is 23.9 Å². The second-order valence-electron chi connectivity index (χ2n) is 5.35. The second-order valence-corrected chi connectivity index (χ2v) is 5.35. The van der Waals surface area contributed by atoms with Crippen LogP contribution in [0, 0.1) is 0 Å². The van der Waals surface area contributed by atoms with E-state index in [0.29, 0.717) is 39.2 Å². The van der Waals surface area contributed by atoms with E-state index in [2.05, 4.69) is 5.32 Å². The number of hydrogen-bond acceptors (Lipinski definition) is 5. The first-order valence-electron chi connectivity index (χ1n) is 6.68. The molecule has 3 amide bonds. The van der Waals surface area contributed by atoms with E-state index in [-0.39, 0.29) is 25.0 Å². The van der Waals surface area contributed by atoms with Crippen molar-refractivity contribution in [2.45, 2.75) is 12.0 Å². The van der Waals surface area contributed by atoms with Crippen molar-refractivity contribution in [3.8, 4) is 0 Å². The van der Waals surface area contributed by atoms with Crippen LogP contribution in [0.3, 0.4) is 0 Å². The number of nitrogens with one attached hydrogen (secondary N) is 1. The molecule has 8 nitrogen and oxygen atoms in total. The van der Waals surface area contributed by atoms with Gasteiger partial charge in [-0.05, 0) is 6.42 Å². The standard InChI is InChI=1S/C12H17N3O5/c16-9-6-20-12(7-13-9)1-2-15(8-12)10(17)5-14-3-4-19-11(14)18/h1-8H2,(H,13,16). The van der Waals surface area contributed by atoms with Crippen LogP contribution in [-0.4, -0.2) is 79.2 Å². The first-order valence-corrected chi connectivity index (χ1v) is 6.68. The molecule has 1 unspecified atom stereocenters. The molecule has 3 saturated heterocycles. The number of likely N-dealkylation sites (tertiary alicyclic amines) is 1. The van der Waals surface area contributed by atoms with Gasteiger partial charge in [0.1, 0.15) is 25.4 Å². The van der Waals surface area contributed by atoms with Gasteiger partial charge < -0.3 is 19.7 Å². The van der Waals surface area contributed by atoms with Crippen LogP contribution in [0.15, 0.2) is 0 Å². The summed E-state index contributed by atoms with van der Waals surface area (Å²) < 4.78 is 10.4. The van der Waals surface area contributed by atoms with Gasteiger partial charge in [0.05, 0.1) is 13.1 Å². The van der Waals surface area contributed by atoms with Crippen molar-refractivity contribution in [1.82, 2.24) is 15.1 Å². The van der Waals surface area contributed by atoms with Gasteiger partial charge in [-0.1, -0.05) is 0 Å². The molecule has 8 heteroatoms. The molecule has 1 spiro atoms. The van der Waals surface area contributed by atoms with E-state index in [1.54, 1.807) is 4.90 Å². The van der Waals surface area contributed by atoms with Gasteiger partial charge in [0.25, 0.3) is 0 Å². The molecule has 3 aliphatic rings. The van der Waals surface area contributed by atoms with Crippen LogP contribution < -0.4 is 5.32 Å². The molecule has 1 N–H and O–H groups in total. The molecule has 0 aromatic heterocycles. The maximum atomic E-state index is 12.2. The Morgan fingerprint density at radius 2 is 2.20 bits per heavy atom. The van der Waals surface area contributed by atoms with E-state index in [1.807, 2.05) is 0 Å². The molecule has 3 heterocycles. The number of cyclic esters (lactones) is 1. The topological polar surface area (TPSA) is 88.2 Å². The molecule has 0 radical (unpaired) electrons. The fraction of sp³-hybridized carbons (Fsp3) is 0.750. The number of ether oxygens (including phenoxy) is 2. The number of amides is 3. The highest BCUT2D eigenvalue weighted by Crippen LogP contribution is 2.27. The predicted molar refractivity (Wildman–Crippen MR) is 65.8 cm³/mol. The summed E-state index contributed by atoms with van der Waals surface area (Å²) in [4.78, 5) is 37.7. The molecule has 3 rings (SSSR count). The number of rotatable bonds is 2. The Kier molecular flexibility index (Phi) is 3.25. The number of carbonyl (C=O) groups is 3. The lowest BCUT2D eigenvalue weighted by Crippen LogP contribution is -2.54. The number of hydrogen-bond donors (Lipinski definition) is 1. The third-order valence-corrected chi connectivity index (χ3v) is 3.96. The van der Waals surface area contributed by atoms with Gasteiger partial charge in [-0.3, -0.25) is 14.5 Å². The van der Waals surface area contributed by atoms with E-state index >= 15 is 0 Å². The van der Waals surface area contributed by atoms with Crippen molar-refractivity contribution in [3.63, 3.8) is 0 Å². The summed E-state index contributed by atoms with van der Waals surface area (Å²) in [6, 6.07) is 0. The Morgan fingerprint density at radius 3 is 2.85 bits per heavy atom. The maximum Gasteiger partial charge on any atom is 0.410 e. The van der Waals surface area contributed by atoms with Gasteiger partial charge in [0.2, 0.25) is 11.8 Å². The Hall–Kier alpha value is -1.83. The monoisotopic (exact) mass is 283 g/mol. The molecule has 1 atom stereocenters. The van der Waals surface area contributed by atoms with Crippen molar-refractivity contribution in [2.24, 2.45) is 0 Å². The summed E-state index contributed by atoms with van der Waals surface area (Å²) >= 11 is 0. The summed E-state index contributed by atoms with van der Waals surface area (Å²) in [6.45, 7) is 2.34. The van der Waals surface area contributed by atoms with Crippen molar-refractivity contribution >= 4 is 17.9 Å². The molecule has 0 bridgehead atoms. The quantitative estimate of drug-likeness (QED) is 0.670. The summed E-state index contributed by atoms with van der Waals surface area (Å²) in [7, 11) is 0. The van der Waals surface area contributed by atoms with Gasteiger partial charge in [0, 0.05) is 13.1 Å². The number of morpholine rings is 1. The molecule has 20 heavy (non-hydrogen) atoms. The highest BCUT2D eigenvalue weighted by Gasteiger charge is 2.44. The molecule has 0 aromatic carbocycles. The van der Waals surface area contributed by atoms with Crippen LogP contribution in [0.5, 0.6) is 0 Å². The van der Waals surface area contributed by atoms with Crippen LogP contribution >= 0.6 is 0 Å². The fourth-order valence-electron chi connectivity index (χ4n) is 2.73. The van der Waals surface area contributed by atoms with Crippen LogP contribution in [0.25, 0.3) is 0 Å². The maximum absolute atomic E-state index is 12.2. The first kappa shape index (κ1) is 13.2. The van der Waals surface area contributed by atoms with Crippen LogP contribution in [0.2, 0.25) is 0 Å². The van der Waals surface area contributed by atoms with E-state index in [0.717, 1.165) is 0 Å². The van der Waals surface area contributed by atoms with E-state index in [1.165, 1.54) is 4.90 Å². The Bertz CT molecular complexity index is 442. The third-order valence-electron chi connectivity index (χ3n) is 3.96. The first-order chi connectivity index (χ1) is 9.58. The summed E-state index contributed by atoms with van der Waals surface area (Å²) in [5.41, 5.74) is -0.463. The molecule has 0 saturated carbocycles. The molecule has 0 aliphatic carbocycles. The van der Waals surface area contributed by atoms with Gasteiger partial charge in [0.15, 0.2) is 0 Å². The van der Waals surface area contributed by atoms with Crippen LogP contribution in [-0.2, 0) is 19.1 Å². The highest BCUT2D eigenvalue weighted by molar-refractivity contribution is 5.83. The van der Waals surface area contributed by atoms with E-state index in [4.69, 9.17) is 9.47 Å². The van der Waals surface area contributed by atoms with Crippen molar-refractivity contribution in [2.75, 3.05) is 45.9 Å². The Morgan fingerprint density at radius 1 is 1.35 bits per heavy atom. The smallest absolute Gasteiger partial charge is 0.410 e. The fourth-order valence-corrected chi connectivity index (χ4v) is 2.73. The van der Waals surface area contributed by atoms with Crippen LogP contribution in [0.4, 0.5) is 4.79 Å².